The van der Waals surface area contributed by atoms with Gasteiger partial charge in [0, 0.05) is 19.1 Å². The van der Waals surface area contributed by atoms with E-state index in [4.69, 9.17) is 0 Å². The molecule has 4 rings (SSSR count). The second kappa shape index (κ2) is 3.53. The Hall–Kier alpha value is -1.44. The molecule has 1 aromatic carbocycles. The predicted octanol–water partition coefficient (Wildman–Crippen LogP) is 2.49. The van der Waals surface area contributed by atoms with Crippen molar-refractivity contribution < 1.29 is 4.79 Å². The van der Waals surface area contributed by atoms with Gasteiger partial charge in [0.25, 0.3) is 0 Å². The van der Waals surface area contributed by atoms with Gasteiger partial charge in [-0.05, 0) is 42.4 Å². The molecule has 0 bridgehead atoms. The van der Waals surface area contributed by atoms with E-state index in [9.17, 15) is 4.79 Å². The topological polar surface area (TPSA) is 32.7 Å². The minimum absolute atomic E-state index is 0.218. The van der Waals surface area contributed by atoms with Crippen LogP contribution in [0.5, 0.6) is 0 Å². The fraction of sp³-hybridized carbons (Fsp3) is 0.533. The highest BCUT2D eigenvalue weighted by Crippen LogP contribution is 2.50. The molecule has 0 aromatic heterocycles. The summed E-state index contributed by atoms with van der Waals surface area (Å²) in [6.45, 7) is 2.18. The Morgan fingerprint density at radius 1 is 1.22 bits per heavy atom. The fourth-order valence-electron chi connectivity index (χ4n) is 3.08. The number of isocyanates is 1. The molecule has 3 heteroatoms. The molecule has 0 radical (unpaired) electrons. The van der Waals surface area contributed by atoms with Gasteiger partial charge in [-0.1, -0.05) is 18.2 Å². The summed E-state index contributed by atoms with van der Waals surface area (Å²) in [5.74, 6) is 0. The van der Waals surface area contributed by atoms with Gasteiger partial charge in [-0.2, -0.15) is 4.99 Å². The zero-order chi connectivity index (χ0) is 12.2. The summed E-state index contributed by atoms with van der Waals surface area (Å²) < 4.78 is 0. The highest BCUT2D eigenvalue weighted by atomic mass is 16.1. The third-order valence-corrected chi connectivity index (χ3v) is 4.54. The number of hydrogen-bond donors (Lipinski definition) is 0. The standard InChI is InChI=1S/C15H16N2O/c18-10-16-15(5-6-15)13-2-1-11-8-17(14-3-4-14)9-12(11)7-13/h1-2,7,14H,3-6,8-9H2. The smallest absolute Gasteiger partial charge is 0.235 e. The Labute approximate surface area is 107 Å². The number of benzene rings is 1. The van der Waals surface area contributed by atoms with E-state index in [1.165, 1.54) is 29.5 Å². The quantitative estimate of drug-likeness (QED) is 0.600. The zero-order valence-corrected chi connectivity index (χ0v) is 10.4. The monoisotopic (exact) mass is 240 g/mol. The van der Waals surface area contributed by atoms with Crippen LogP contribution in [0, 0.1) is 0 Å². The van der Waals surface area contributed by atoms with Crippen molar-refractivity contribution in [2.75, 3.05) is 0 Å². The average Bonchev–Trinajstić information content (AvgIpc) is 3.28. The summed E-state index contributed by atoms with van der Waals surface area (Å²) in [6, 6.07) is 7.48. The Kier molecular flexibility index (Phi) is 2.06. The van der Waals surface area contributed by atoms with Crippen LogP contribution in [-0.2, 0) is 23.4 Å². The molecular weight excluding hydrogens is 224 g/mol. The van der Waals surface area contributed by atoms with Crippen LogP contribution >= 0.6 is 0 Å². The molecule has 92 valence electrons. The normalized spacial score (nSPS) is 24.4. The van der Waals surface area contributed by atoms with Gasteiger partial charge in [-0.15, -0.1) is 0 Å². The highest BCUT2D eigenvalue weighted by Gasteiger charge is 2.45. The second-order valence-corrected chi connectivity index (χ2v) is 5.85. The molecule has 0 atom stereocenters. The number of nitrogens with zero attached hydrogens (tertiary/aromatic N) is 2. The molecular formula is C15H16N2O. The number of rotatable bonds is 3. The zero-order valence-electron chi connectivity index (χ0n) is 10.4. The van der Waals surface area contributed by atoms with Crippen molar-refractivity contribution in [1.82, 2.24) is 4.90 Å². The van der Waals surface area contributed by atoms with Gasteiger partial charge in [0.2, 0.25) is 6.08 Å². The van der Waals surface area contributed by atoms with E-state index < -0.39 is 0 Å². The maximum atomic E-state index is 10.5. The molecule has 2 saturated carbocycles. The van der Waals surface area contributed by atoms with Crippen LogP contribution < -0.4 is 0 Å². The van der Waals surface area contributed by atoms with Crippen LogP contribution in [0.2, 0.25) is 0 Å². The first-order chi connectivity index (χ1) is 8.81. The lowest BCUT2D eigenvalue weighted by Crippen LogP contribution is -2.18. The van der Waals surface area contributed by atoms with Crippen molar-refractivity contribution in [3.63, 3.8) is 0 Å². The van der Waals surface area contributed by atoms with E-state index in [2.05, 4.69) is 28.1 Å². The van der Waals surface area contributed by atoms with Crippen molar-refractivity contribution in [3.05, 3.63) is 34.9 Å². The third-order valence-electron chi connectivity index (χ3n) is 4.54. The molecule has 1 heterocycles. The van der Waals surface area contributed by atoms with E-state index in [1.807, 2.05) is 0 Å². The van der Waals surface area contributed by atoms with Gasteiger partial charge in [0.05, 0.1) is 5.54 Å². The Morgan fingerprint density at radius 3 is 2.67 bits per heavy atom. The number of carbonyl (C=O) groups excluding carboxylic acids is 1. The average molecular weight is 240 g/mol. The number of hydrogen-bond acceptors (Lipinski definition) is 3. The van der Waals surface area contributed by atoms with E-state index in [0.717, 1.165) is 32.0 Å². The van der Waals surface area contributed by atoms with Gasteiger partial charge in [0.1, 0.15) is 0 Å². The maximum absolute atomic E-state index is 10.5. The third kappa shape index (κ3) is 1.55. The SMILES string of the molecule is O=C=NC1(c2ccc3c(c2)CN(C2CC2)C3)CC1. The van der Waals surface area contributed by atoms with Crippen molar-refractivity contribution in [2.45, 2.75) is 50.4 Å². The fourth-order valence-corrected chi connectivity index (χ4v) is 3.08. The first-order valence-electron chi connectivity index (χ1n) is 6.76. The molecule has 3 nitrogen and oxygen atoms in total. The first-order valence-corrected chi connectivity index (χ1v) is 6.76. The summed E-state index contributed by atoms with van der Waals surface area (Å²) in [6.07, 6.45) is 6.45. The van der Waals surface area contributed by atoms with E-state index in [0.29, 0.717) is 0 Å². The molecule has 0 N–H and O–H groups in total. The van der Waals surface area contributed by atoms with Crippen molar-refractivity contribution in [3.8, 4) is 0 Å². The van der Waals surface area contributed by atoms with Crippen molar-refractivity contribution in [2.24, 2.45) is 4.99 Å². The van der Waals surface area contributed by atoms with Crippen LogP contribution in [0.15, 0.2) is 23.2 Å². The Morgan fingerprint density at radius 2 is 2.00 bits per heavy atom. The molecule has 0 saturated heterocycles. The summed E-state index contributed by atoms with van der Waals surface area (Å²) in [5, 5.41) is 0. The minimum atomic E-state index is -0.218. The van der Waals surface area contributed by atoms with Gasteiger partial charge in [0.15, 0.2) is 0 Å². The Balaban J connectivity index is 1.65. The molecule has 0 spiro atoms. The summed E-state index contributed by atoms with van der Waals surface area (Å²) in [5.41, 5.74) is 3.88. The van der Waals surface area contributed by atoms with Crippen LogP contribution in [0.25, 0.3) is 0 Å². The highest BCUT2D eigenvalue weighted by molar-refractivity contribution is 5.44. The first kappa shape index (κ1) is 10.5. The van der Waals surface area contributed by atoms with Crippen molar-refractivity contribution >= 4 is 6.08 Å². The molecule has 18 heavy (non-hydrogen) atoms. The molecule has 2 aliphatic carbocycles. The molecule has 2 fully saturated rings. The number of aliphatic imine (C=N–C) groups is 1. The van der Waals surface area contributed by atoms with Gasteiger partial charge >= 0.3 is 0 Å². The lowest BCUT2D eigenvalue weighted by molar-refractivity contribution is 0.273. The van der Waals surface area contributed by atoms with Gasteiger partial charge < -0.3 is 0 Å². The molecule has 0 amide bonds. The predicted molar refractivity (Wildman–Crippen MR) is 67.7 cm³/mol. The lowest BCUT2D eigenvalue weighted by atomic mass is 10.00. The lowest BCUT2D eigenvalue weighted by Gasteiger charge is -2.12. The summed E-state index contributed by atoms with van der Waals surface area (Å²) >= 11 is 0. The van der Waals surface area contributed by atoms with Gasteiger partial charge in [-0.25, -0.2) is 4.79 Å². The molecule has 0 unspecified atom stereocenters. The van der Waals surface area contributed by atoms with Crippen LogP contribution in [0.4, 0.5) is 0 Å². The molecule has 1 aliphatic heterocycles. The molecule has 1 aromatic rings. The molecule has 3 aliphatic rings. The summed E-state index contributed by atoms with van der Waals surface area (Å²) in [7, 11) is 0. The minimum Gasteiger partial charge on any atom is -0.292 e. The van der Waals surface area contributed by atoms with E-state index in [-0.39, 0.29) is 5.54 Å². The van der Waals surface area contributed by atoms with Crippen LogP contribution in [-0.4, -0.2) is 17.0 Å². The summed E-state index contributed by atoms with van der Waals surface area (Å²) in [4.78, 5) is 17.1. The van der Waals surface area contributed by atoms with Crippen LogP contribution in [0.3, 0.4) is 0 Å². The van der Waals surface area contributed by atoms with E-state index in [1.54, 1.807) is 6.08 Å². The second-order valence-electron chi connectivity index (χ2n) is 5.85. The number of fused-ring (bicyclic) bond motifs is 1. The van der Waals surface area contributed by atoms with Gasteiger partial charge in [-0.3, -0.25) is 4.90 Å². The largest absolute Gasteiger partial charge is 0.292 e. The maximum Gasteiger partial charge on any atom is 0.235 e. The Bertz CT molecular complexity index is 552. The van der Waals surface area contributed by atoms with E-state index >= 15 is 0 Å². The van der Waals surface area contributed by atoms with Crippen molar-refractivity contribution in [1.29, 1.82) is 0 Å². The van der Waals surface area contributed by atoms with Crippen LogP contribution in [0.1, 0.15) is 42.4 Å².